The molecule has 1 nitrogen and oxygen atoms in total. The average molecular weight is 160 g/mol. The van der Waals surface area contributed by atoms with Gasteiger partial charge >= 0.3 is 0 Å². The van der Waals surface area contributed by atoms with E-state index in [1.807, 2.05) is 43.3 Å². The maximum absolute atomic E-state index is 10.6. The fourth-order valence-electron chi connectivity index (χ4n) is 1.08. The van der Waals surface area contributed by atoms with Crippen molar-refractivity contribution in [3.05, 3.63) is 42.0 Å². The highest BCUT2D eigenvalue weighted by atomic mass is 16.1. The molecular formula is C11H12O. The quantitative estimate of drug-likeness (QED) is 0.490. The summed E-state index contributed by atoms with van der Waals surface area (Å²) in [7, 11) is 0. The third kappa shape index (κ3) is 2.06. The molecule has 12 heavy (non-hydrogen) atoms. The van der Waals surface area contributed by atoms with Gasteiger partial charge in [-0.3, -0.25) is 4.79 Å². The van der Waals surface area contributed by atoms with E-state index in [0.717, 1.165) is 23.8 Å². The van der Waals surface area contributed by atoms with Crippen LogP contribution in [-0.4, -0.2) is 6.29 Å². The van der Waals surface area contributed by atoms with Crippen LogP contribution >= 0.6 is 0 Å². The van der Waals surface area contributed by atoms with Crippen LogP contribution in [0.1, 0.15) is 18.9 Å². The third-order valence-electron chi connectivity index (χ3n) is 1.66. The van der Waals surface area contributed by atoms with Crippen LogP contribution in [0.15, 0.2) is 36.4 Å². The second-order valence-corrected chi connectivity index (χ2v) is 2.55. The lowest BCUT2D eigenvalue weighted by Crippen LogP contribution is -1.84. The molecule has 0 aliphatic carbocycles. The molecule has 0 fully saturated rings. The van der Waals surface area contributed by atoms with Gasteiger partial charge in [0.05, 0.1) is 0 Å². The van der Waals surface area contributed by atoms with Gasteiger partial charge in [0, 0.05) is 5.57 Å². The third-order valence-corrected chi connectivity index (χ3v) is 1.66. The molecule has 1 aromatic rings. The van der Waals surface area contributed by atoms with Crippen LogP contribution in [0.4, 0.5) is 0 Å². The molecule has 62 valence electrons. The van der Waals surface area contributed by atoms with Gasteiger partial charge in [0.1, 0.15) is 6.29 Å². The van der Waals surface area contributed by atoms with E-state index in [-0.39, 0.29) is 0 Å². The van der Waals surface area contributed by atoms with Crippen molar-refractivity contribution in [3.8, 4) is 0 Å². The summed E-state index contributed by atoms with van der Waals surface area (Å²) < 4.78 is 0. The number of carbonyl (C=O) groups is 1. The first-order chi connectivity index (χ1) is 5.88. The second-order valence-electron chi connectivity index (χ2n) is 2.55. The van der Waals surface area contributed by atoms with Gasteiger partial charge in [0.15, 0.2) is 0 Å². The van der Waals surface area contributed by atoms with Crippen LogP contribution in [0.25, 0.3) is 5.57 Å². The van der Waals surface area contributed by atoms with E-state index in [1.54, 1.807) is 0 Å². The SMILES string of the molecule is CC/C=C(\C=O)c1ccccc1. The summed E-state index contributed by atoms with van der Waals surface area (Å²) in [6.45, 7) is 2.02. The Morgan fingerprint density at radius 3 is 2.50 bits per heavy atom. The van der Waals surface area contributed by atoms with Crippen molar-refractivity contribution < 1.29 is 4.79 Å². The van der Waals surface area contributed by atoms with Crippen molar-refractivity contribution >= 4 is 11.9 Å². The van der Waals surface area contributed by atoms with Gasteiger partial charge < -0.3 is 0 Å². The van der Waals surface area contributed by atoms with Gasteiger partial charge in [-0.15, -0.1) is 0 Å². The predicted octanol–water partition coefficient (Wildman–Crippen LogP) is 2.68. The molecule has 0 amide bonds. The summed E-state index contributed by atoms with van der Waals surface area (Å²) in [6, 6.07) is 9.69. The largest absolute Gasteiger partial charge is 0.298 e. The Bertz CT molecular complexity index is 272. The zero-order valence-corrected chi connectivity index (χ0v) is 7.16. The lowest BCUT2D eigenvalue weighted by Gasteiger charge is -1.97. The number of hydrogen-bond donors (Lipinski definition) is 0. The monoisotopic (exact) mass is 160 g/mol. The van der Waals surface area contributed by atoms with Crippen molar-refractivity contribution in [2.45, 2.75) is 13.3 Å². The van der Waals surface area contributed by atoms with Crippen molar-refractivity contribution in [1.29, 1.82) is 0 Å². The first-order valence-corrected chi connectivity index (χ1v) is 4.09. The molecule has 1 heteroatoms. The Morgan fingerprint density at radius 1 is 1.33 bits per heavy atom. The summed E-state index contributed by atoms with van der Waals surface area (Å²) in [5.74, 6) is 0. The van der Waals surface area contributed by atoms with Gasteiger partial charge in [0.2, 0.25) is 0 Å². The van der Waals surface area contributed by atoms with Crippen molar-refractivity contribution in [2.75, 3.05) is 0 Å². The summed E-state index contributed by atoms with van der Waals surface area (Å²) in [5.41, 5.74) is 1.77. The fraction of sp³-hybridized carbons (Fsp3) is 0.182. The maximum atomic E-state index is 10.6. The number of rotatable bonds is 3. The molecule has 1 aromatic carbocycles. The molecule has 0 aromatic heterocycles. The summed E-state index contributed by atoms with van der Waals surface area (Å²) in [4.78, 5) is 10.6. The number of hydrogen-bond acceptors (Lipinski definition) is 1. The van der Waals surface area contributed by atoms with E-state index in [2.05, 4.69) is 0 Å². The zero-order valence-electron chi connectivity index (χ0n) is 7.16. The summed E-state index contributed by atoms with van der Waals surface area (Å²) in [5, 5.41) is 0. The minimum atomic E-state index is 0.776. The highest BCUT2D eigenvalue weighted by molar-refractivity contribution is 6.06. The Morgan fingerprint density at radius 2 is 2.00 bits per heavy atom. The zero-order chi connectivity index (χ0) is 8.81. The maximum Gasteiger partial charge on any atom is 0.150 e. The van der Waals surface area contributed by atoms with Crippen LogP contribution in [0.5, 0.6) is 0 Å². The van der Waals surface area contributed by atoms with Gasteiger partial charge in [0.25, 0.3) is 0 Å². The highest BCUT2D eigenvalue weighted by Crippen LogP contribution is 2.11. The number of carbonyl (C=O) groups excluding carboxylic acids is 1. The number of allylic oxidation sites excluding steroid dienone is 2. The normalized spacial score (nSPS) is 11.2. The molecular weight excluding hydrogens is 148 g/mol. The van der Waals surface area contributed by atoms with E-state index >= 15 is 0 Å². The van der Waals surface area contributed by atoms with Crippen LogP contribution in [0.2, 0.25) is 0 Å². The molecule has 0 saturated heterocycles. The first kappa shape index (κ1) is 8.72. The first-order valence-electron chi connectivity index (χ1n) is 4.09. The van der Waals surface area contributed by atoms with Crippen molar-refractivity contribution in [2.24, 2.45) is 0 Å². The standard InChI is InChI=1S/C11H12O/c1-2-6-11(9-12)10-7-4-3-5-8-10/h3-9H,2H2,1H3/b11-6+. The smallest absolute Gasteiger partial charge is 0.150 e. The van der Waals surface area contributed by atoms with Gasteiger partial charge in [-0.2, -0.15) is 0 Å². The molecule has 0 N–H and O–H groups in total. The molecule has 0 saturated carbocycles. The van der Waals surface area contributed by atoms with Crippen LogP contribution in [0, 0.1) is 0 Å². The molecule has 0 aliphatic rings. The van der Waals surface area contributed by atoms with E-state index in [9.17, 15) is 4.79 Å². The Hall–Kier alpha value is -1.37. The molecule has 0 spiro atoms. The summed E-state index contributed by atoms with van der Waals surface area (Å²) in [6.07, 6.45) is 3.73. The summed E-state index contributed by atoms with van der Waals surface area (Å²) >= 11 is 0. The second kappa shape index (κ2) is 4.50. The molecule has 1 rings (SSSR count). The van der Waals surface area contributed by atoms with E-state index in [4.69, 9.17) is 0 Å². The van der Waals surface area contributed by atoms with Crippen LogP contribution < -0.4 is 0 Å². The van der Waals surface area contributed by atoms with E-state index in [0.29, 0.717) is 0 Å². The highest BCUT2D eigenvalue weighted by Gasteiger charge is 1.95. The Balaban J connectivity index is 2.96. The Labute approximate surface area is 72.7 Å². The molecule has 0 unspecified atom stereocenters. The molecule has 0 radical (unpaired) electrons. The van der Waals surface area contributed by atoms with Gasteiger partial charge in [-0.05, 0) is 12.0 Å². The predicted molar refractivity (Wildman–Crippen MR) is 50.8 cm³/mol. The molecule has 0 bridgehead atoms. The van der Waals surface area contributed by atoms with Crippen LogP contribution in [0.3, 0.4) is 0 Å². The molecule has 0 heterocycles. The Kier molecular flexibility index (Phi) is 3.27. The van der Waals surface area contributed by atoms with Crippen LogP contribution in [-0.2, 0) is 4.79 Å². The topological polar surface area (TPSA) is 17.1 Å². The minimum absolute atomic E-state index is 0.776. The van der Waals surface area contributed by atoms with E-state index in [1.165, 1.54) is 0 Å². The van der Waals surface area contributed by atoms with Gasteiger partial charge in [-0.25, -0.2) is 0 Å². The molecule has 0 aliphatic heterocycles. The lowest BCUT2D eigenvalue weighted by atomic mass is 10.1. The van der Waals surface area contributed by atoms with Crippen molar-refractivity contribution in [1.82, 2.24) is 0 Å². The minimum Gasteiger partial charge on any atom is -0.298 e. The number of aldehydes is 1. The van der Waals surface area contributed by atoms with E-state index < -0.39 is 0 Å². The fourth-order valence-corrected chi connectivity index (χ4v) is 1.08. The van der Waals surface area contributed by atoms with Crippen molar-refractivity contribution in [3.63, 3.8) is 0 Å². The lowest BCUT2D eigenvalue weighted by molar-refractivity contribution is -0.103. The average Bonchev–Trinajstić information content (AvgIpc) is 2.15. The van der Waals surface area contributed by atoms with Gasteiger partial charge in [-0.1, -0.05) is 43.3 Å². The molecule has 0 atom stereocenters. The number of benzene rings is 1.